The lowest BCUT2D eigenvalue weighted by Gasteiger charge is -2.36. The predicted octanol–water partition coefficient (Wildman–Crippen LogP) is 7.99. The van der Waals surface area contributed by atoms with Crippen molar-refractivity contribution < 1.29 is 9.90 Å². The van der Waals surface area contributed by atoms with Crippen LogP contribution in [0.4, 0.5) is 0 Å². The molecule has 0 heterocycles. The standard InChI is InChI=1S/C23H46O2/c1-5-9-11-13-15-17-19-21(7-3)23(8-4,22(24)25)20-18-16-14-12-10-6-2/h21H,5-20H2,1-4H3,(H,24,25). The van der Waals surface area contributed by atoms with E-state index < -0.39 is 11.4 Å². The summed E-state index contributed by atoms with van der Waals surface area (Å²) in [5.74, 6) is -0.196. The third-order valence-corrected chi connectivity index (χ3v) is 6.21. The molecule has 0 aliphatic carbocycles. The Balaban J connectivity index is 4.47. The van der Waals surface area contributed by atoms with Crippen molar-refractivity contribution in [1.29, 1.82) is 0 Å². The molecular weight excluding hydrogens is 308 g/mol. The first-order valence-corrected chi connectivity index (χ1v) is 11.3. The van der Waals surface area contributed by atoms with Crippen LogP contribution in [0.1, 0.15) is 130 Å². The van der Waals surface area contributed by atoms with Crippen LogP contribution in [0.15, 0.2) is 0 Å². The quantitative estimate of drug-likeness (QED) is 0.253. The normalized spacial score (nSPS) is 15.0. The van der Waals surface area contributed by atoms with Gasteiger partial charge >= 0.3 is 5.97 Å². The molecule has 0 aromatic rings. The van der Waals surface area contributed by atoms with Crippen molar-refractivity contribution in [3.63, 3.8) is 0 Å². The minimum atomic E-state index is -0.540. The van der Waals surface area contributed by atoms with Gasteiger partial charge in [0.2, 0.25) is 0 Å². The molecule has 0 rings (SSSR count). The third kappa shape index (κ3) is 9.66. The third-order valence-electron chi connectivity index (χ3n) is 6.21. The van der Waals surface area contributed by atoms with Crippen LogP contribution in [-0.2, 0) is 4.79 Å². The number of hydrogen-bond donors (Lipinski definition) is 1. The molecule has 0 amide bonds. The van der Waals surface area contributed by atoms with Crippen molar-refractivity contribution in [1.82, 2.24) is 0 Å². The Kier molecular flexibility index (Phi) is 15.4. The van der Waals surface area contributed by atoms with Crippen LogP contribution in [-0.4, -0.2) is 11.1 Å². The van der Waals surface area contributed by atoms with Crippen LogP contribution in [0.2, 0.25) is 0 Å². The average Bonchev–Trinajstić information content (AvgIpc) is 2.61. The van der Waals surface area contributed by atoms with Crippen LogP contribution in [0.3, 0.4) is 0 Å². The zero-order valence-corrected chi connectivity index (χ0v) is 17.7. The van der Waals surface area contributed by atoms with Crippen LogP contribution in [0.25, 0.3) is 0 Å². The highest BCUT2D eigenvalue weighted by Crippen LogP contribution is 2.42. The summed E-state index contributed by atoms with van der Waals surface area (Å²) in [7, 11) is 0. The van der Waals surface area contributed by atoms with E-state index in [0.29, 0.717) is 5.92 Å². The minimum absolute atomic E-state index is 0.344. The molecule has 2 atom stereocenters. The van der Waals surface area contributed by atoms with Crippen molar-refractivity contribution >= 4 is 5.97 Å². The molecule has 1 N–H and O–H groups in total. The number of carbonyl (C=O) groups is 1. The summed E-state index contributed by atoms with van der Waals surface area (Å²) in [6, 6.07) is 0. The molecule has 2 nitrogen and oxygen atoms in total. The second-order valence-corrected chi connectivity index (χ2v) is 7.99. The Hall–Kier alpha value is -0.530. The molecule has 0 aliphatic heterocycles. The van der Waals surface area contributed by atoms with Gasteiger partial charge in [0.1, 0.15) is 0 Å². The van der Waals surface area contributed by atoms with E-state index in [9.17, 15) is 9.90 Å². The number of carboxylic acid groups (broad SMARTS) is 1. The highest BCUT2D eigenvalue weighted by atomic mass is 16.4. The van der Waals surface area contributed by atoms with E-state index in [2.05, 4.69) is 27.7 Å². The second kappa shape index (κ2) is 15.7. The zero-order valence-electron chi connectivity index (χ0n) is 17.7. The Labute approximate surface area is 158 Å². The fourth-order valence-electron chi connectivity index (χ4n) is 4.37. The molecule has 0 spiro atoms. The van der Waals surface area contributed by atoms with Crippen LogP contribution in [0, 0.1) is 11.3 Å². The van der Waals surface area contributed by atoms with Crippen molar-refractivity contribution in [2.24, 2.45) is 11.3 Å². The van der Waals surface area contributed by atoms with Crippen LogP contribution >= 0.6 is 0 Å². The van der Waals surface area contributed by atoms with E-state index >= 15 is 0 Å². The molecule has 0 radical (unpaired) electrons. The largest absolute Gasteiger partial charge is 0.481 e. The molecule has 2 unspecified atom stereocenters. The number of unbranched alkanes of at least 4 members (excludes halogenated alkanes) is 10. The van der Waals surface area contributed by atoms with Gasteiger partial charge in [-0.05, 0) is 25.2 Å². The Morgan fingerprint density at radius 1 is 0.760 bits per heavy atom. The van der Waals surface area contributed by atoms with Crippen molar-refractivity contribution in [2.75, 3.05) is 0 Å². The first-order chi connectivity index (χ1) is 12.1. The van der Waals surface area contributed by atoms with Gasteiger partial charge in [-0.25, -0.2) is 0 Å². The number of aliphatic carboxylic acids is 1. The van der Waals surface area contributed by atoms with Crippen LogP contribution in [0.5, 0.6) is 0 Å². The first kappa shape index (κ1) is 24.5. The molecule has 25 heavy (non-hydrogen) atoms. The molecular formula is C23H46O2. The van der Waals surface area contributed by atoms with Gasteiger partial charge in [0, 0.05) is 0 Å². The maximum Gasteiger partial charge on any atom is 0.309 e. The smallest absolute Gasteiger partial charge is 0.309 e. The summed E-state index contributed by atoms with van der Waals surface area (Å²) >= 11 is 0. The van der Waals surface area contributed by atoms with Gasteiger partial charge in [0.05, 0.1) is 5.41 Å². The van der Waals surface area contributed by atoms with E-state index in [1.54, 1.807) is 0 Å². The monoisotopic (exact) mass is 354 g/mol. The second-order valence-electron chi connectivity index (χ2n) is 7.99. The lowest BCUT2D eigenvalue weighted by molar-refractivity contribution is -0.154. The fourth-order valence-corrected chi connectivity index (χ4v) is 4.37. The van der Waals surface area contributed by atoms with Crippen LogP contribution < -0.4 is 0 Å². The van der Waals surface area contributed by atoms with Gasteiger partial charge < -0.3 is 5.11 Å². The lowest BCUT2D eigenvalue weighted by atomic mass is 9.67. The number of carboxylic acids is 1. The van der Waals surface area contributed by atoms with E-state index in [-0.39, 0.29) is 0 Å². The van der Waals surface area contributed by atoms with Gasteiger partial charge in [-0.15, -0.1) is 0 Å². The van der Waals surface area contributed by atoms with E-state index in [1.165, 1.54) is 70.6 Å². The first-order valence-electron chi connectivity index (χ1n) is 11.3. The highest BCUT2D eigenvalue weighted by Gasteiger charge is 2.42. The minimum Gasteiger partial charge on any atom is -0.481 e. The molecule has 0 aromatic carbocycles. The van der Waals surface area contributed by atoms with Crippen molar-refractivity contribution in [3.05, 3.63) is 0 Å². The van der Waals surface area contributed by atoms with E-state index in [1.807, 2.05) is 0 Å². The van der Waals surface area contributed by atoms with Crippen molar-refractivity contribution in [2.45, 2.75) is 130 Å². The van der Waals surface area contributed by atoms with Gasteiger partial charge in [-0.2, -0.15) is 0 Å². The van der Waals surface area contributed by atoms with Gasteiger partial charge in [-0.3, -0.25) is 4.79 Å². The molecule has 0 saturated heterocycles. The summed E-state index contributed by atoms with van der Waals surface area (Å²) in [5.41, 5.74) is -0.483. The number of rotatable bonds is 18. The maximum absolute atomic E-state index is 12.2. The molecule has 150 valence electrons. The van der Waals surface area contributed by atoms with Gasteiger partial charge in [0.15, 0.2) is 0 Å². The SMILES string of the molecule is CCCCCCCCC(CC)C(CC)(CCCCCCCC)C(=O)O. The van der Waals surface area contributed by atoms with Crippen molar-refractivity contribution in [3.8, 4) is 0 Å². The molecule has 0 saturated carbocycles. The summed E-state index contributed by atoms with van der Waals surface area (Å²) in [6.45, 7) is 8.77. The predicted molar refractivity (Wildman–Crippen MR) is 110 cm³/mol. The maximum atomic E-state index is 12.2. The molecule has 0 fully saturated rings. The summed E-state index contributed by atoms with van der Waals surface area (Å²) in [5, 5.41) is 10.0. The summed E-state index contributed by atoms with van der Waals surface area (Å²) in [4.78, 5) is 12.2. The fraction of sp³-hybridized carbons (Fsp3) is 0.957. The molecule has 0 aliphatic rings. The molecule has 2 heteroatoms. The Bertz CT molecular complexity index is 313. The highest BCUT2D eigenvalue weighted by molar-refractivity contribution is 5.75. The number of hydrogen-bond acceptors (Lipinski definition) is 1. The van der Waals surface area contributed by atoms with E-state index in [4.69, 9.17) is 0 Å². The molecule has 0 aromatic heterocycles. The zero-order chi connectivity index (χ0) is 19.0. The summed E-state index contributed by atoms with van der Waals surface area (Å²) < 4.78 is 0. The van der Waals surface area contributed by atoms with E-state index in [0.717, 1.165) is 32.1 Å². The molecule has 0 bridgehead atoms. The van der Waals surface area contributed by atoms with Gasteiger partial charge in [-0.1, -0.05) is 111 Å². The average molecular weight is 355 g/mol. The lowest BCUT2D eigenvalue weighted by Crippen LogP contribution is -2.38. The Morgan fingerprint density at radius 3 is 1.68 bits per heavy atom. The van der Waals surface area contributed by atoms with Gasteiger partial charge in [0.25, 0.3) is 0 Å². The summed E-state index contributed by atoms with van der Waals surface area (Å²) in [6.07, 6.45) is 18.9. The Morgan fingerprint density at radius 2 is 1.24 bits per heavy atom. The topological polar surface area (TPSA) is 37.3 Å².